The van der Waals surface area contributed by atoms with Crippen LogP contribution in [0.1, 0.15) is 30.8 Å². The number of rotatable bonds is 7. The highest BCUT2D eigenvalue weighted by Gasteiger charge is 2.35. The molecule has 0 spiro atoms. The van der Waals surface area contributed by atoms with Crippen molar-refractivity contribution in [1.82, 2.24) is 14.8 Å². The van der Waals surface area contributed by atoms with E-state index in [1.165, 1.54) is 0 Å². The Morgan fingerprint density at radius 1 is 1.19 bits per heavy atom. The number of aryl methyl sites for hydroxylation is 1. The number of nitrogens with zero attached hydrogens (tertiary/aromatic N) is 3. The normalized spacial score (nSPS) is 15.3. The van der Waals surface area contributed by atoms with Gasteiger partial charge in [0.15, 0.2) is 5.82 Å². The number of fused-ring (bicyclic) bond motifs is 1. The number of carbonyl (C=O) groups excluding carboxylic acids is 1. The van der Waals surface area contributed by atoms with Crippen LogP contribution in [0.3, 0.4) is 0 Å². The molecule has 1 aliphatic rings. The molecular formula is C23H25N5O3. The molecule has 8 heteroatoms. The molecule has 4 rings (SSSR count). The molecule has 0 unspecified atom stereocenters. The highest BCUT2D eigenvalue weighted by molar-refractivity contribution is 6.06. The number of para-hydroxylation sites is 2. The van der Waals surface area contributed by atoms with Gasteiger partial charge in [0.1, 0.15) is 11.8 Å². The molecule has 2 heterocycles. The predicted octanol–water partition coefficient (Wildman–Crippen LogP) is 3.14. The maximum absolute atomic E-state index is 13.4. The number of methoxy groups -OCH3 is 1. The van der Waals surface area contributed by atoms with E-state index < -0.39 is 6.04 Å². The smallest absolute Gasteiger partial charge is 0.255 e. The lowest BCUT2D eigenvalue weighted by atomic mass is 9.94. The molecule has 2 aromatic carbocycles. The molecule has 160 valence electrons. The third kappa shape index (κ3) is 4.15. The number of nitrogens with one attached hydrogen (secondary N) is 2. The monoisotopic (exact) mass is 419 g/mol. The SMILES string of the molecule is COc1ccccc1[C@H]1C(C(=O)Nc2ccccc2)=C(C)Nc2nc(CCCO)nn21. The number of aliphatic hydroxyl groups excluding tert-OH is 1. The lowest BCUT2D eigenvalue weighted by Gasteiger charge is -2.29. The number of allylic oxidation sites excluding steroid dienone is 1. The van der Waals surface area contributed by atoms with Gasteiger partial charge in [0.25, 0.3) is 5.91 Å². The Labute approximate surface area is 180 Å². The van der Waals surface area contributed by atoms with Gasteiger partial charge in [0, 0.05) is 30.0 Å². The second-order valence-corrected chi connectivity index (χ2v) is 7.25. The van der Waals surface area contributed by atoms with Crippen LogP contribution in [0.15, 0.2) is 65.9 Å². The topological polar surface area (TPSA) is 101 Å². The molecule has 3 N–H and O–H groups in total. The maximum Gasteiger partial charge on any atom is 0.255 e. The summed E-state index contributed by atoms with van der Waals surface area (Å²) in [6.07, 6.45) is 1.11. The fourth-order valence-corrected chi connectivity index (χ4v) is 3.73. The molecule has 1 aromatic heterocycles. The summed E-state index contributed by atoms with van der Waals surface area (Å²) in [6.45, 7) is 1.92. The van der Waals surface area contributed by atoms with Gasteiger partial charge in [0.2, 0.25) is 5.95 Å². The van der Waals surface area contributed by atoms with Gasteiger partial charge >= 0.3 is 0 Å². The molecule has 0 aliphatic carbocycles. The van der Waals surface area contributed by atoms with Gasteiger partial charge in [0.05, 0.1) is 12.7 Å². The number of hydrogen-bond donors (Lipinski definition) is 3. The molecule has 3 aromatic rings. The van der Waals surface area contributed by atoms with Gasteiger partial charge in [-0.2, -0.15) is 10.1 Å². The number of aliphatic hydroxyl groups is 1. The maximum atomic E-state index is 13.4. The minimum absolute atomic E-state index is 0.0647. The van der Waals surface area contributed by atoms with Gasteiger partial charge in [-0.1, -0.05) is 36.4 Å². The summed E-state index contributed by atoms with van der Waals surface area (Å²) in [5.74, 6) is 1.59. The average molecular weight is 419 g/mol. The molecule has 1 amide bonds. The molecule has 0 saturated carbocycles. The summed E-state index contributed by atoms with van der Waals surface area (Å²) in [7, 11) is 1.61. The molecular weight excluding hydrogens is 394 g/mol. The number of benzene rings is 2. The van der Waals surface area contributed by atoms with Crippen LogP contribution in [0, 0.1) is 0 Å². The molecule has 1 atom stereocenters. The van der Waals surface area contributed by atoms with Crippen molar-refractivity contribution < 1.29 is 14.6 Å². The van der Waals surface area contributed by atoms with E-state index in [1.54, 1.807) is 11.8 Å². The van der Waals surface area contributed by atoms with Crippen molar-refractivity contribution in [3.05, 3.63) is 77.3 Å². The van der Waals surface area contributed by atoms with E-state index in [0.717, 1.165) is 5.56 Å². The number of hydrogen-bond acceptors (Lipinski definition) is 6. The van der Waals surface area contributed by atoms with Crippen LogP contribution < -0.4 is 15.4 Å². The Bertz CT molecular complexity index is 1110. The van der Waals surface area contributed by atoms with E-state index in [0.29, 0.717) is 47.3 Å². The minimum Gasteiger partial charge on any atom is -0.496 e. The second-order valence-electron chi connectivity index (χ2n) is 7.25. The van der Waals surface area contributed by atoms with E-state index >= 15 is 0 Å². The van der Waals surface area contributed by atoms with Gasteiger partial charge < -0.3 is 20.5 Å². The highest BCUT2D eigenvalue weighted by atomic mass is 16.5. The summed E-state index contributed by atoms with van der Waals surface area (Å²) in [5.41, 5.74) is 2.74. The Hall–Kier alpha value is -3.65. The van der Waals surface area contributed by atoms with E-state index in [-0.39, 0.29) is 12.5 Å². The van der Waals surface area contributed by atoms with Crippen LogP contribution >= 0.6 is 0 Å². The standard InChI is InChI=1S/C23H25N5O3/c1-15-20(22(30)25-16-9-4-3-5-10-16)21(17-11-6-7-12-18(17)31-2)28-23(24-15)26-19(27-28)13-8-14-29/h3-7,9-12,21,29H,8,13-14H2,1-2H3,(H,25,30)(H,24,26,27)/t21-/m0/s1. The summed E-state index contributed by atoms with van der Waals surface area (Å²) in [4.78, 5) is 18.0. The Morgan fingerprint density at radius 2 is 1.94 bits per heavy atom. The van der Waals surface area contributed by atoms with Crippen molar-refractivity contribution in [2.75, 3.05) is 24.4 Å². The summed E-state index contributed by atoms with van der Waals surface area (Å²) >= 11 is 0. The van der Waals surface area contributed by atoms with Gasteiger partial charge in [-0.3, -0.25) is 4.79 Å². The van der Waals surface area contributed by atoms with Crippen molar-refractivity contribution in [2.45, 2.75) is 25.8 Å². The van der Waals surface area contributed by atoms with Crippen molar-refractivity contribution >= 4 is 17.5 Å². The lowest BCUT2D eigenvalue weighted by molar-refractivity contribution is -0.113. The zero-order chi connectivity index (χ0) is 21.8. The average Bonchev–Trinajstić information content (AvgIpc) is 3.19. The molecule has 0 saturated heterocycles. The molecule has 0 radical (unpaired) electrons. The van der Waals surface area contributed by atoms with Crippen LogP contribution in [-0.2, 0) is 11.2 Å². The molecule has 1 aliphatic heterocycles. The van der Waals surface area contributed by atoms with E-state index in [1.807, 2.05) is 61.5 Å². The predicted molar refractivity (Wildman–Crippen MR) is 118 cm³/mol. The number of carbonyl (C=O) groups is 1. The van der Waals surface area contributed by atoms with Crippen molar-refractivity contribution in [3.63, 3.8) is 0 Å². The minimum atomic E-state index is -0.522. The quantitative estimate of drug-likeness (QED) is 0.544. The first-order valence-corrected chi connectivity index (χ1v) is 10.2. The number of ether oxygens (including phenoxy) is 1. The first-order valence-electron chi connectivity index (χ1n) is 10.2. The van der Waals surface area contributed by atoms with Crippen molar-refractivity contribution in [1.29, 1.82) is 0 Å². The zero-order valence-electron chi connectivity index (χ0n) is 17.5. The Morgan fingerprint density at radius 3 is 2.68 bits per heavy atom. The lowest BCUT2D eigenvalue weighted by Crippen LogP contribution is -2.31. The summed E-state index contributed by atoms with van der Waals surface area (Å²) in [6, 6.07) is 16.4. The van der Waals surface area contributed by atoms with Crippen LogP contribution in [0.25, 0.3) is 0 Å². The zero-order valence-corrected chi connectivity index (χ0v) is 17.5. The molecule has 0 fully saturated rings. The first-order chi connectivity index (χ1) is 15.1. The van der Waals surface area contributed by atoms with E-state index in [9.17, 15) is 9.90 Å². The molecule has 0 bridgehead atoms. The van der Waals surface area contributed by atoms with Crippen LogP contribution in [0.4, 0.5) is 11.6 Å². The number of amides is 1. The number of anilines is 2. The second kappa shape index (κ2) is 9.01. The summed E-state index contributed by atoms with van der Waals surface area (Å²) < 4.78 is 7.32. The highest BCUT2D eigenvalue weighted by Crippen LogP contribution is 2.39. The van der Waals surface area contributed by atoms with Gasteiger partial charge in [-0.15, -0.1) is 0 Å². The van der Waals surface area contributed by atoms with Crippen molar-refractivity contribution in [3.8, 4) is 5.75 Å². The first kappa shape index (κ1) is 20.6. The largest absolute Gasteiger partial charge is 0.496 e. The summed E-state index contributed by atoms with van der Waals surface area (Å²) in [5, 5.41) is 20.0. The van der Waals surface area contributed by atoms with E-state index in [4.69, 9.17) is 4.74 Å². The Balaban J connectivity index is 1.80. The van der Waals surface area contributed by atoms with E-state index in [2.05, 4.69) is 20.7 Å². The third-order valence-electron chi connectivity index (χ3n) is 5.16. The van der Waals surface area contributed by atoms with Crippen LogP contribution in [0.5, 0.6) is 5.75 Å². The van der Waals surface area contributed by atoms with Crippen LogP contribution in [0.2, 0.25) is 0 Å². The number of aromatic nitrogens is 3. The van der Waals surface area contributed by atoms with Gasteiger partial charge in [-0.25, -0.2) is 4.68 Å². The van der Waals surface area contributed by atoms with Crippen LogP contribution in [-0.4, -0.2) is 39.5 Å². The van der Waals surface area contributed by atoms with Crippen molar-refractivity contribution in [2.24, 2.45) is 0 Å². The molecule has 8 nitrogen and oxygen atoms in total. The molecule has 31 heavy (non-hydrogen) atoms. The third-order valence-corrected chi connectivity index (χ3v) is 5.16. The fourth-order valence-electron chi connectivity index (χ4n) is 3.73. The Kier molecular flexibility index (Phi) is 5.99. The fraction of sp³-hybridized carbons (Fsp3) is 0.261. The van der Waals surface area contributed by atoms with Gasteiger partial charge in [-0.05, 0) is 31.5 Å².